The van der Waals surface area contributed by atoms with Gasteiger partial charge in [0.05, 0.1) is 32.3 Å². The number of nitrogens with one attached hydrogen (secondary N) is 2. The van der Waals surface area contributed by atoms with Gasteiger partial charge in [-0.15, -0.1) is 0 Å². The molecule has 2 aromatic rings. The number of hydrogen-bond donors (Lipinski definition) is 2. The summed E-state index contributed by atoms with van der Waals surface area (Å²) in [6, 6.07) is 5.62. The highest BCUT2D eigenvalue weighted by molar-refractivity contribution is 5.89. The number of aromatic amines is 1. The maximum Gasteiger partial charge on any atom is 0.240 e. The lowest BCUT2D eigenvalue weighted by Crippen LogP contribution is -2.16. The summed E-state index contributed by atoms with van der Waals surface area (Å²) in [5.41, 5.74) is 5.07. The van der Waals surface area contributed by atoms with Gasteiger partial charge in [0.1, 0.15) is 0 Å². The van der Waals surface area contributed by atoms with E-state index in [1.165, 1.54) is 57.8 Å². The third-order valence-electron chi connectivity index (χ3n) is 5.74. The van der Waals surface area contributed by atoms with Crippen LogP contribution < -0.4 is 14.9 Å². The number of benzene rings is 1. The zero-order valence-corrected chi connectivity index (χ0v) is 20.5. The predicted octanol–water partition coefficient (Wildman–Crippen LogP) is 6.25. The van der Waals surface area contributed by atoms with Crippen LogP contribution in [0.4, 0.5) is 0 Å². The fourth-order valence-corrected chi connectivity index (χ4v) is 3.80. The summed E-state index contributed by atoms with van der Waals surface area (Å²) in [7, 11) is 3.20. The monoisotopic (exact) mass is 456 g/mol. The van der Waals surface area contributed by atoms with Crippen LogP contribution in [0.5, 0.6) is 11.5 Å². The van der Waals surface area contributed by atoms with Gasteiger partial charge in [0.15, 0.2) is 11.5 Å². The summed E-state index contributed by atoms with van der Waals surface area (Å²) >= 11 is 0. The molecule has 0 spiro atoms. The fourth-order valence-electron chi connectivity index (χ4n) is 3.80. The van der Waals surface area contributed by atoms with E-state index >= 15 is 0 Å². The fraction of sp³-hybridized carbons (Fsp3) is 0.577. The van der Waals surface area contributed by atoms with Gasteiger partial charge in [0.25, 0.3) is 0 Å². The van der Waals surface area contributed by atoms with Crippen LogP contribution in [-0.2, 0) is 4.79 Å². The van der Waals surface area contributed by atoms with Crippen LogP contribution in [0.2, 0.25) is 0 Å². The first-order chi connectivity index (χ1) is 16.2. The van der Waals surface area contributed by atoms with E-state index in [9.17, 15) is 4.79 Å². The molecular weight excluding hydrogens is 416 g/mol. The van der Waals surface area contributed by atoms with Gasteiger partial charge in [-0.2, -0.15) is 10.2 Å². The zero-order valence-electron chi connectivity index (χ0n) is 20.5. The first-order valence-electron chi connectivity index (χ1n) is 12.3. The number of H-pyrrole nitrogens is 1. The molecule has 0 atom stereocenters. The molecule has 182 valence electrons. The van der Waals surface area contributed by atoms with Crippen molar-refractivity contribution in [1.29, 1.82) is 0 Å². The lowest BCUT2D eigenvalue weighted by atomic mass is 10.1. The molecule has 0 aliphatic carbocycles. The third kappa shape index (κ3) is 9.68. The van der Waals surface area contributed by atoms with Crippen molar-refractivity contribution in [3.05, 3.63) is 30.0 Å². The van der Waals surface area contributed by atoms with E-state index in [1.807, 2.05) is 18.2 Å². The summed E-state index contributed by atoms with van der Waals surface area (Å²) in [5.74, 6) is 1.23. The number of rotatable bonds is 17. The molecule has 0 fully saturated rings. The van der Waals surface area contributed by atoms with Gasteiger partial charge in [0, 0.05) is 17.5 Å². The zero-order chi connectivity index (χ0) is 23.7. The Balaban J connectivity index is 1.66. The minimum absolute atomic E-state index is 0.0571. The molecule has 1 aromatic carbocycles. The Kier molecular flexibility index (Phi) is 12.7. The van der Waals surface area contributed by atoms with Crippen LogP contribution in [0.25, 0.3) is 11.3 Å². The minimum Gasteiger partial charge on any atom is -0.493 e. The van der Waals surface area contributed by atoms with E-state index in [-0.39, 0.29) is 5.91 Å². The average Bonchev–Trinajstić information content (AvgIpc) is 3.30. The molecule has 0 saturated carbocycles. The van der Waals surface area contributed by atoms with E-state index in [4.69, 9.17) is 9.47 Å². The number of amides is 1. The number of carbonyl (C=O) groups is 1. The van der Waals surface area contributed by atoms with Crippen LogP contribution >= 0.6 is 0 Å². The van der Waals surface area contributed by atoms with Crippen LogP contribution in [0.15, 0.2) is 29.5 Å². The Morgan fingerprint density at radius 2 is 1.61 bits per heavy atom. The first kappa shape index (κ1) is 26.4. The lowest BCUT2D eigenvalue weighted by molar-refractivity contribution is -0.121. The van der Waals surface area contributed by atoms with Crippen molar-refractivity contribution < 1.29 is 14.3 Å². The normalized spacial score (nSPS) is 11.1. The van der Waals surface area contributed by atoms with Crippen molar-refractivity contribution in [2.24, 2.45) is 5.10 Å². The summed E-state index contributed by atoms with van der Waals surface area (Å²) in [6.45, 7) is 2.25. The molecule has 1 amide bonds. The second-order valence-electron chi connectivity index (χ2n) is 8.35. The molecule has 1 heterocycles. The van der Waals surface area contributed by atoms with E-state index in [2.05, 4.69) is 27.6 Å². The van der Waals surface area contributed by atoms with Gasteiger partial charge < -0.3 is 9.47 Å². The highest BCUT2D eigenvalue weighted by Gasteiger charge is 2.10. The van der Waals surface area contributed by atoms with Gasteiger partial charge in [-0.25, -0.2) is 5.43 Å². The van der Waals surface area contributed by atoms with Crippen molar-refractivity contribution >= 4 is 12.1 Å². The van der Waals surface area contributed by atoms with Crippen molar-refractivity contribution in [3.8, 4) is 22.8 Å². The Hall–Kier alpha value is -2.83. The molecule has 33 heavy (non-hydrogen) atoms. The van der Waals surface area contributed by atoms with Crippen LogP contribution in [0.1, 0.15) is 89.5 Å². The van der Waals surface area contributed by atoms with E-state index in [0.29, 0.717) is 17.9 Å². The predicted molar refractivity (Wildman–Crippen MR) is 134 cm³/mol. The lowest BCUT2D eigenvalue weighted by Gasteiger charge is -2.09. The smallest absolute Gasteiger partial charge is 0.240 e. The summed E-state index contributed by atoms with van der Waals surface area (Å²) < 4.78 is 10.7. The van der Waals surface area contributed by atoms with Crippen LogP contribution in [0.3, 0.4) is 0 Å². The molecule has 7 heteroatoms. The van der Waals surface area contributed by atoms with Crippen molar-refractivity contribution in [3.63, 3.8) is 0 Å². The third-order valence-corrected chi connectivity index (χ3v) is 5.74. The molecule has 0 aliphatic heterocycles. The summed E-state index contributed by atoms with van der Waals surface area (Å²) in [5, 5.41) is 11.2. The highest BCUT2D eigenvalue weighted by atomic mass is 16.5. The molecule has 0 saturated heterocycles. The van der Waals surface area contributed by atoms with Crippen molar-refractivity contribution in [1.82, 2.24) is 15.6 Å². The van der Waals surface area contributed by atoms with E-state index in [1.54, 1.807) is 26.6 Å². The summed E-state index contributed by atoms with van der Waals surface area (Å²) in [6.07, 6.45) is 17.7. The molecule has 0 radical (unpaired) electrons. The second-order valence-corrected chi connectivity index (χ2v) is 8.35. The van der Waals surface area contributed by atoms with Crippen molar-refractivity contribution in [2.45, 2.75) is 84.0 Å². The summed E-state index contributed by atoms with van der Waals surface area (Å²) in [4.78, 5) is 12.1. The molecule has 1 aromatic heterocycles. The highest BCUT2D eigenvalue weighted by Crippen LogP contribution is 2.32. The number of hydrazone groups is 1. The maximum absolute atomic E-state index is 12.1. The SMILES string of the molecule is CCCCCCCCCCCCCC(=O)N/N=C/c1cn[nH]c1-c1ccc(OC)c(OC)c1. The standard InChI is InChI=1S/C26H40N4O3/c1-4-5-6-7-8-9-10-11-12-13-14-15-25(31)29-27-19-22-20-28-30-26(22)21-16-17-23(32-2)24(18-21)33-3/h16-20H,4-15H2,1-3H3,(H,28,30)(H,29,31)/b27-19+. The first-order valence-corrected chi connectivity index (χ1v) is 12.3. The average molecular weight is 457 g/mol. The van der Waals surface area contributed by atoms with Gasteiger partial charge in [-0.1, -0.05) is 71.1 Å². The van der Waals surface area contributed by atoms with Gasteiger partial charge in [-0.05, 0) is 24.6 Å². The quantitative estimate of drug-likeness (QED) is 0.167. The number of carbonyl (C=O) groups excluding carboxylic acids is 1. The Labute approximate surface area is 198 Å². The topological polar surface area (TPSA) is 88.6 Å². The number of hydrogen-bond acceptors (Lipinski definition) is 5. The van der Waals surface area contributed by atoms with E-state index < -0.39 is 0 Å². The maximum atomic E-state index is 12.1. The van der Waals surface area contributed by atoms with Crippen molar-refractivity contribution in [2.75, 3.05) is 14.2 Å². The van der Waals surface area contributed by atoms with Crippen LogP contribution in [0, 0.1) is 0 Å². The molecule has 7 nitrogen and oxygen atoms in total. The molecule has 0 bridgehead atoms. The number of ether oxygens (including phenoxy) is 2. The minimum atomic E-state index is -0.0571. The number of aromatic nitrogens is 2. The number of methoxy groups -OCH3 is 2. The van der Waals surface area contributed by atoms with Crippen LogP contribution in [-0.4, -0.2) is 36.5 Å². The Morgan fingerprint density at radius 3 is 2.24 bits per heavy atom. The number of unbranched alkanes of at least 4 members (excludes halogenated alkanes) is 10. The second kappa shape index (κ2) is 15.9. The van der Waals surface area contributed by atoms with E-state index in [0.717, 1.165) is 29.7 Å². The van der Waals surface area contributed by atoms with Gasteiger partial charge in [0.2, 0.25) is 5.91 Å². The Bertz CT molecular complexity index is 848. The molecular formula is C26H40N4O3. The largest absolute Gasteiger partial charge is 0.493 e. The Morgan fingerprint density at radius 1 is 0.970 bits per heavy atom. The number of nitrogens with zero attached hydrogens (tertiary/aromatic N) is 2. The van der Waals surface area contributed by atoms with Gasteiger partial charge >= 0.3 is 0 Å². The molecule has 0 unspecified atom stereocenters. The van der Waals surface area contributed by atoms with Gasteiger partial charge in [-0.3, -0.25) is 9.89 Å². The molecule has 2 rings (SSSR count). The molecule has 0 aliphatic rings. The molecule has 2 N–H and O–H groups in total.